The first-order valence-corrected chi connectivity index (χ1v) is 6.41. The third-order valence-corrected chi connectivity index (χ3v) is 3.14. The molecule has 0 saturated heterocycles. The minimum absolute atomic E-state index is 0.00160. The van der Waals surface area contributed by atoms with E-state index < -0.39 is 0 Å². The Hall–Kier alpha value is -2.11. The molecule has 0 aliphatic carbocycles. The Bertz CT molecular complexity index is 774. The molecule has 0 bridgehead atoms. The molecule has 0 saturated carbocycles. The van der Waals surface area contributed by atoms with Crippen molar-refractivity contribution in [1.29, 1.82) is 0 Å². The molecule has 0 spiro atoms. The molecule has 2 N–H and O–H groups in total. The number of benzene rings is 2. The Morgan fingerprint density at radius 1 is 0.900 bits per heavy atom. The first kappa shape index (κ1) is 12.9. The van der Waals surface area contributed by atoms with Crippen molar-refractivity contribution >= 4 is 39.9 Å². The van der Waals surface area contributed by atoms with Crippen LogP contribution in [0.4, 0.5) is 5.95 Å². The molecule has 0 aliphatic heterocycles. The van der Waals surface area contributed by atoms with E-state index in [2.05, 4.69) is 15.0 Å². The van der Waals surface area contributed by atoms with Gasteiger partial charge in [-0.15, -0.1) is 0 Å². The van der Waals surface area contributed by atoms with Crippen molar-refractivity contribution in [1.82, 2.24) is 15.0 Å². The van der Waals surface area contributed by atoms with Crippen molar-refractivity contribution in [2.45, 2.75) is 0 Å². The second-order valence-electron chi connectivity index (χ2n) is 3.94. The third kappa shape index (κ3) is 2.45. The number of ether oxygens (including phenoxy) is 1. The Kier molecular flexibility index (Phi) is 3.30. The number of halogens is 2. The van der Waals surface area contributed by atoms with E-state index in [9.17, 15) is 0 Å². The lowest BCUT2D eigenvalue weighted by Gasteiger charge is -2.08. The summed E-state index contributed by atoms with van der Waals surface area (Å²) in [6.07, 6.45) is 0. The predicted octanol–water partition coefficient (Wildman–Crippen LogP) is 3.71. The van der Waals surface area contributed by atoms with Gasteiger partial charge in [-0.3, -0.25) is 0 Å². The average Bonchev–Trinajstić information content (AvgIpc) is 2.41. The van der Waals surface area contributed by atoms with Crippen molar-refractivity contribution in [3.8, 4) is 11.8 Å². The van der Waals surface area contributed by atoms with Crippen molar-refractivity contribution in [3.63, 3.8) is 0 Å². The molecule has 1 aromatic heterocycles. The highest BCUT2D eigenvalue weighted by molar-refractivity contribution is 6.35. The van der Waals surface area contributed by atoms with Gasteiger partial charge >= 0.3 is 6.01 Å². The molecule has 0 amide bonds. The highest BCUT2D eigenvalue weighted by Gasteiger charge is 2.09. The van der Waals surface area contributed by atoms with E-state index in [1.807, 2.05) is 24.3 Å². The number of hydrogen-bond donors (Lipinski definition) is 1. The van der Waals surface area contributed by atoms with Gasteiger partial charge < -0.3 is 10.5 Å². The zero-order chi connectivity index (χ0) is 14.1. The molecule has 3 aromatic rings. The number of nitrogen functional groups attached to an aromatic ring is 1. The van der Waals surface area contributed by atoms with Gasteiger partial charge in [-0.05, 0) is 23.7 Å². The first-order valence-electron chi connectivity index (χ1n) is 5.65. The molecule has 20 heavy (non-hydrogen) atoms. The van der Waals surface area contributed by atoms with Crippen LogP contribution in [0.1, 0.15) is 0 Å². The van der Waals surface area contributed by atoms with Gasteiger partial charge in [0, 0.05) is 15.8 Å². The Morgan fingerprint density at radius 3 is 2.40 bits per heavy atom. The minimum atomic E-state index is -0.0224. The maximum Gasteiger partial charge on any atom is 0.328 e. The monoisotopic (exact) mass is 306 g/mol. The Morgan fingerprint density at radius 2 is 1.65 bits per heavy atom. The first-order chi connectivity index (χ1) is 9.63. The van der Waals surface area contributed by atoms with E-state index in [0.717, 1.165) is 10.8 Å². The van der Waals surface area contributed by atoms with E-state index >= 15 is 0 Å². The molecule has 0 fully saturated rings. The Labute approximate surface area is 124 Å². The maximum atomic E-state index is 6.14. The molecular weight excluding hydrogens is 299 g/mol. The molecular formula is C13H8Cl2N4O. The van der Waals surface area contributed by atoms with Crippen LogP contribution in [0.15, 0.2) is 36.4 Å². The molecule has 7 heteroatoms. The number of nitrogens with two attached hydrogens (primary N) is 1. The summed E-state index contributed by atoms with van der Waals surface area (Å²) in [5, 5.41) is 2.34. The molecule has 0 atom stereocenters. The van der Waals surface area contributed by atoms with Crippen molar-refractivity contribution in [3.05, 3.63) is 46.7 Å². The number of anilines is 1. The van der Waals surface area contributed by atoms with Crippen molar-refractivity contribution in [2.24, 2.45) is 0 Å². The lowest BCUT2D eigenvalue weighted by molar-refractivity contribution is 0.445. The molecule has 0 radical (unpaired) electrons. The number of rotatable bonds is 2. The van der Waals surface area contributed by atoms with Crippen LogP contribution in [0.3, 0.4) is 0 Å². The predicted molar refractivity (Wildman–Crippen MR) is 78.3 cm³/mol. The van der Waals surface area contributed by atoms with Gasteiger partial charge in [-0.25, -0.2) is 0 Å². The van der Waals surface area contributed by atoms with Crippen LogP contribution in [0.25, 0.3) is 10.8 Å². The zero-order valence-corrected chi connectivity index (χ0v) is 11.6. The summed E-state index contributed by atoms with van der Waals surface area (Å²) < 4.78 is 5.62. The van der Waals surface area contributed by atoms with Crippen LogP contribution in [0, 0.1) is 0 Å². The van der Waals surface area contributed by atoms with Crippen molar-refractivity contribution in [2.75, 3.05) is 5.73 Å². The van der Waals surface area contributed by atoms with Crippen LogP contribution in [0.5, 0.6) is 11.8 Å². The lowest BCUT2D eigenvalue weighted by atomic mass is 10.1. The lowest BCUT2D eigenvalue weighted by Crippen LogP contribution is -2.00. The van der Waals surface area contributed by atoms with E-state index in [0.29, 0.717) is 10.8 Å². The molecule has 100 valence electrons. The van der Waals surface area contributed by atoms with Gasteiger partial charge in [0.25, 0.3) is 0 Å². The normalized spacial score (nSPS) is 10.7. The van der Waals surface area contributed by atoms with Crippen molar-refractivity contribution < 1.29 is 4.74 Å². The van der Waals surface area contributed by atoms with Gasteiger partial charge in [0.15, 0.2) is 0 Å². The molecule has 5 nitrogen and oxygen atoms in total. The maximum absolute atomic E-state index is 6.14. The second-order valence-corrected chi connectivity index (χ2v) is 4.68. The summed E-state index contributed by atoms with van der Waals surface area (Å²) >= 11 is 11.9. The van der Waals surface area contributed by atoms with Crippen LogP contribution < -0.4 is 10.5 Å². The fourth-order valence-electron chi connectivity index (χ4n) is 1.81. The van der Waals surface area contributed by atoms with Crippen LogP contribution in [-0.4, -0.2) is 15.0 Å². The molecule has 3 rings (SSSR count). The number of fused-ring (bicyclic) bond motifs is 1. The molecule has 2 aromatic carbocycles. The van der Waals surface area contributed by atoms with Gasteiger partial charge in [-0.2, -0.15) is 15.0 Å². The topological polar surface area (TPSA) is 73.9 Å². The number of nitrogens with zero attached hydrogens (tertiary/aromatic N) is 3. The van der Waals surface area contributed by atoms with E-state index in [1.165, 1.54) is 0 Å². The van der Waals surface area contributed by atoms with Gasteiger partial charge in [0.2, 0.25) is 11.2 Å². The molecule has 0 unspecified atom stereocenters. The Balaban J connectivity index is 2.09. The summed E-state index contributed by atoms with van der Waals surface area (Å²) in [5.74, 6) is 0.560. The quantitative estimate of drug-likeness (QED) is 0.781. The summed E-state index contributed by atoms with van der Waals surface area (Å²) in [5.41, 5.74) is 5.50. The van der Waals surface area contributed by atoms with E-state index in [1.54, 1.807) is 12.1 Å². The van der Waals surface area contributed by atoms with Gasteiger partial charge in [-0.1, -0.05) is 35.9 Å². The van der Waals surface area contributed by atoms with Crippen LogP contribution in [0.2, 0.25) is 10.3 Å². The summed E-state index contributed by atoms with van der Waals surface area (Å²) in [4.78, 5) is 11.4. The number of aromatic nitrogens is 3. The second kappa shape index (κ2) is 5.11. The largest absolute Gasteiger partial charge is 0.423 e. The fraction of sp³-hybridized carbons (Fsp3) is 0. The summed E-state index contributed by atoms with van der Waals surface area (Å²) in [7, 11) is 0. The SMILES string of the molecule is Nc1nc(Cl)nc(Oc2ccc(Cl)c3ccccc23)n1. The highest BCUT2D eigenvalue weighted by atomic mass is 35.5. The molecule has 0 aliphatic rings. The molecule has 1 heterocycles. The summed E-state index contributed by atoms with van der Waals surface area (Å²) in [6, 6.07) is 11.1. The van der Waals surface area contributed by atoms with Crippen LogP contribution >= 0.6 is 23.2 Å². The van der Waals surface area contributed by atoms with E-state index in [4.69, 9.17) is 33.7 Å². The zero-order valence-electron chi connectivity index (χ0n) is 10.0. The van der Waals surface area contributed by atoms with E-state index in [-0.39, 0.29) is 17.2 Å². The smallest absolute Gasteiger partial charge is 0.328 e. The minimum Gasteiger partial charge on any atom is -0.423 e. The third-order valence-electron chi connectivity index (χ3n) is 2.64. The summed E-state index contributed by atoms with van der Waals surface area (Å²) in [6.45, 7) is 0. The number of hydrogen-bond acceptors (Lipinski definition) is 5. The standard InChI is InChI=1S/C13H8Cl2N4O/c14-9-5-6-10(8-4-2-1-3-7(8)9)20-13-18-11(15)17-12(16)19-13/h1-6H,(H2,16,17,18,19). The average molecular weight is 307 g/mol. The van der Waals surface area contributed by atoms with Gasteiger partial charge in [0.05, 0.1) is 0 Å². The highest BCUT2D eigenvalue weighted by Crippen LogP contribution is 2.33. The fourth-order valence-corrected chi connectivity index (χ4v) is 2.20. The van der Waals surface area contributed by atoms with Crippen LogP contribution in [-0.2, 0) is 0 Å². The van der Waals surface area contributed by atoms with Gasteiger partial charge in [0.1, 0.15) is 5.75 Å².